The molecule has 28 heavy (non-hydrogen) atoms. The van der Waals surface area contributed by atoms with Gasteiger partial charge in [-0.1, -0.05) is 18.2 Å². The Kier molecular flexibility index (Phi) is 5.21. The van der Waals surface area contributed by atoms with Gasteiger partial charge in [0.15, 0.2) is 0 Å². The molecule has 1 fully saturated rings. The number of nitrogens with zero attached hydrogens (tertiary/aromatic N) is 4. The zero-order valence-electron chi connectivity index (χ0n) is 15.3. The lowest BCUT2D eigenvalue weighted by Gasteiger charge is -2.20. The first kappa shape index (κ1) is 18.7. The molecule has 1 aliphatic carbocycles. The molecule has 0 aliphatic heterocycles. The van der Waals surface area contributed by atoms with Crippen molar-refractivity contribution in [1.29, 1.82) is 0 Å². The van der Waals surface area contributed by atoms with Gasteiger partial charge in [0.05, 0.1) is 12.1 Å². The molecule has 148 valence electrons. The van der Waals surface area contributed by atoms with Gasteiger partial charge in [-0.15, -0.1) is 0 Å². The van der Waals surface area contributed by atoms with Gasteiger partial charge in [-0.05, 0) is 37.5 Å². The highest BCUT2D eigenvalue weighted by molar-refractivity contribution is 5.63. The van der Waals surface area contributed by atoms with Crippen LogP contribution in [-0.4, -0.2) is 32.3 Å². The lowest BCUT2D eigenvalue weighted by molar-refractivity contribution is -0.137. The maximum atomic E-state index is 13.3. The van der Waals surface area contributed by atoms with Gasteiger partial charge in [-0.3, -0.25) is 9.58 Å². The van der Waals surface area contributed by atoms with Crippen LogP contribution in [0.5, 0.6) is 0 Å². The molecule has 8 heteroatoms. The van der Waals surface area contributed by atoms with Crippen molar-refractivity contribution in [2.24, 2.45) is 0 Å². The zero-order chi connectivity index (χ0) is 19.6. The van der Waals surface area contributed by atoms with Crippen LogP contribution < -0.4 is 0 Å². The summed E-state index contributed by atoms with van der Waals surface area (Å²) in [6.45, 7) is 2.25. The lowest BCUT2D eigenvalue weighted by Crippen LogP contribution is -2.27. The fourth-order valence-corrected chi connectivity index (χ4v) is 3.37. The Labute approximate surface area is 160 Å². The van der Waals surface area contributed by atoms with Gasteiger partial charge in [0.25, 0.3) is 0 Å². The SMILES string of the molecule is FC(F)(F)c1ccccc1-c1ccc(CN(CCCn2cncn2)C2CC2)o1. The minimum atomic E-state index is -4.41. The van der Waals surface area contributed by atoms with E-state index in [-0.39, 0.29) is 11.3 Å². The fraction of sp³-hybridized carbons (Fsp3) is 0.400. The number of hydrogen-bond acceptors (Lipinski definition) is 4. The lowest BCUT2D eigenvalue weighted by atomic mass is 10.1. The highest BCUT2D eigenvalue weighted by Crippen LogP contribution is 2.38. The maximum Gasteiger partial charge on any atom is 0.417 e. The van der Waals surface area contributed by atoms with Crippen molar-refractivity contribution in [3.63, 3.8) is 0 Å². The minimum absolute atomic E-state index is 0.0744. The van der Waals surface area contributed by atoms with Crippen LogP contribution in [0.2, 0.25) is 0 Å². The van der Waals surface area contributed by atoms with Crippen molar-refractivity contribution in [1.82, 2.24) is 19.7 Å². The van der Waals surface area contributed by atoms with Crippen molar-refractivity contribution >= 4 is 0 Å². The summed E-state index contributed by atoms with van der Waals surface area (Å²) < 4.78 is 47.4. The van der Waals surface area contributed by atoms with E-state index in [9.17, 15) is 13.2 Å². The monoisotopic (exact) mass is 390 g/mol. The van der Waals surface area contributed by atoms with Crippen LogP contribution >= 0.6 is 0 Å². The second kappa shape index (κ2) is 7.79. The maximum absolute atomic E-state index is 13.3. The molecule has 1 aliphatic rings. The summed E-state index contributed by atoms with van der Waals surface area (Å²) in [5.74, 6) is 0.931. The van der Waals surface area contributed by atoms with Crippen LogP contribution in [0, 0.1) is 0 Å². The molecule has 0 atom stereocenters. The molecule has 0 spiro atoms. The molecule has 1 saturated carbocycles. The molecule has 0 N–H and O–H groups in total. The average Bonchev–Trinajstić information content (AvgIpc) is 3.19. The van der Waals surface area contributed by atoms with Crippen LogP contribution in [0.4, 0.5) is 13.2 Å². The van der Waals surface area contributed by atoms with Gasteiger partial charge in [0.2, 0.25) is 0 Å². The number of hydrogen-bond donors (Lipinski definition) is 0. The topological polar surface area (TPSA) is 47.1 Å². The summed E-state index contributed by atoms with van der Waals surface area (Å²) in [5, 5.41) is 4.10. The van der Waals surface area contributed by atoms with Gasteiger partial charge in [-0.2, -0.15) is 18.3 Å². The van der Waals surface area contributed by atoms with Crippen LogP contribution in [-0.2, 0) is 19.3 Å². The Morgan fingerprint density at radius 2 is 1.96 bits per heavy atom. The van der Waals surface area contributed by atoms with E-state index < -0.39 is 11.7 Å². The summed E-state index contributed by atoms with van der Waals surface area (Å²) in [6.07, 6.45) is 2.01. The molecule has 3 aromatic rings. The summed E-state index contributed by atoms with van der Waals surface area (Å²) in [7, 11) is 0. The predicted octanol–water partition coefficient (Wildman–Crippen LogP) is 4.61. The number of benzene rings is 1. The molecule has 0 radical (unpaired) electrons. The van der Waals surface area contributed by atoms with Crippen molar-refractivity contribution in [2.75, 3.05) is 6.54 Å². The number of furan rings is 1. The molecule has 0 amide bonds. The molecule has 2 aromatic heterocycles. The molecule has 4 rings (SSSR count). The first-order valence-electron chi connectivity index (χ1n) is 9.32. The Morgan fingerprint density at radius 3 is 2.68 bits per heavy atom. The van der Waals surface area contributed by atoms with Crippen molar-refractivity contribution in [3.05, 3.63) is 60.4 Å². The van der Waals surface area contributed by atoms with Gasteiger partial charge < -0.3 is 4.42 Å². The van der Waals surface area contributed by atoms with E-state index in [0.717, 1.165) is 38.4 Å². The summed E-state index contributed by atoms with van der Waals surface area (Å²) in [4.78, 5) is 6.26. The molecule has 5 nitrogen and oxygen atoms in total. The van der Waals surface area contributed by atoms with E-state index in [4.69, 9.17) is 4.42 Å². The van der Waals surface area contributed by atoms with Gasteiger partial charge in [0, 0.05) is 24.7 Å². The van der Waals surface area contributed by atoms with E-state index in [2.05, 4.69) is 15.0 Å². The van der Waals surface area contributed by atoms with Gasteiger partial charge in [0.1, 0.15) is 24.2 Å². The van der Waals surface area contributed by atoms with Crippen molar-refractivity contribution in [2.45, 2.75) is 44.6 Å². The van der Waals surface area contributed by atoms with Crippen LogP contribution in [0.25, 0.3) is 11.3 Å². The molecule has 0 unspecified atom stereocenters. The van der Waals surface area contributed by atoms with E-state index in [0.29, 0.717) is 18.3 Å². The second-order valence-corrected chi connectivity index (χ2v) is 7.02. The average molecular weight is 390 g/mol. The Bertz CT molecular complexity index is 900. The first-order chi connectivity index (χ1) is 13.5. The quantitative estimate of drug-likeness (QED) is 0.564. The molecule has 0 bridgehead atoms. The largest absolute Gasteiger partial charge is 0.460 e. The Balaban J connectivity index is 1.43. The standard InChI is InChI=1S/C20H21F3N4O/c21-20(22,23)18-5-2-1-4-17(18)19-9-8-16(28-19)12-26(15-6-7-15)10-3-11-27-14-24-13-25-27/h1-2,4-5,8-9,13-15H,3,6-7,10-12H2. The highest BCUT2D eigenvalue weighted by atomic mass is 19.4. The summed E-state index contributed by atoms with van der Waals surface area (Å²) in [6, 6.07) is 9.43. The third-order valence-electron chi connectivity index (χ3n) is 4.88. The predicted molar refractivity (Wildman–Crippen MR) is 97.2 cm³/mol. The highest BCUT2D eigenvalue weighted by Gasteiger charge is 2.34. The molecule has 2 heterocycles. The second-order valence-electron chi connectivity index (χ2n) is 7.02. The van der Waals surface area contributed by atoms with Gasteiger partial charge in [-0.25, -0.2) is 4.98 Å². The third-order valence-corrected chi connectivity index (χ3v) is 4.88. The summed E-state index contributed by atoms with van der Waals surface area (Å²) >= 11 is 0. The molecule has 0 saturated heterocycles. The Morgan fingerprint density at radius 1 is 1.14 bits per heavy atom. The molecular weight excluding hydrogens is 369 g/mol. The number of rotatable bonds is 8. The smallest absolute Gasteiger partial charge is 0.417 e. The number of alkyl halides is 3. The normalized spacial score (nSPS) is 14.7. The van der Waals surface area contributed by atoms with E-state index in [1.807, 2.05) is 0 Å². The number of halogens is 3. The third kappa shape index (κ3) is 4.44. The van der Waals surface area contributed by atoms with Crippen LogP contribution in [0.1, 0.15) is 30.6 Å². The fourth-order valence-electron chi connectivity index (χ4n) is 3.37. The summed E-state index contributed by atoms with van der Waals surface area (Å²) in [5.41, 5.74) is -0.604. The Hall–Kier alpha value is -2.61. The van der Waals surface area contributed by atoms with Gasteiger partial charge >= 0.3 is 6.18 Å². The van der Waals surface area contributed by atoms with Crippen molar-refractivity contribution in [3.8, 4) is 11.3 Å². The minimum Gasteiger partial charge on any atom is -0.460 e. The molecular formula is C20H21F3N4O. The zero-order valence-corrected chi connectivity index (χ0v) is 15.3. The van der Waals surface area contributed by atoms with E-state index in [1.54, 1.807) is 29.2 Å². The van der Waals surface area contributed by atoms with E-state index in [1.165, 1.54) is 18.5 Å². The first-order valence-corrected chi connectivity index (χ1v) is 9.32. The van der Waals surface area contributed by atoms with Crippen LogP contribution in [0.3, 0.4) is 0 Å². The van der Waals surface area contributed by atoms with Crippen LogP contribution in [0.15, 0.2) is 53.5 Å². The number of aryl methyl sites for hydroxylation is 1. The number of aromatic nitrogens is 3. The van der Waals surface area contributed by atoms with Crippen molar-refractivity contribution < 1.29 is 17.6 Å². The molecule has 1 aromatic carbocycles. The van der Waals surface area contributed by atoms with E-state index >= 15 is 0 Å².